The molecule has 2 atom stereocenters. The first-order valence-electron chi connectivity index (χ1n) is 7.50. The molecule has 1 saturated heterocycles. The van der Waals surface area contributed by atoms with Crippen LogP contribution in [0.4, 0.5) is 0 Å². The fraction of sp³-hybridized carbons (Fsp3) is 0.733. The van der Waals surface area contributed by atoms with Gasteiger partial charge in [0.05, 0.1) is 0 Å². The van der Waals surface area contributed by atoms with Crippen LogP contribution in [0.1, 0.15) is 43.5 Å². The van der Waals surface area contributed by atoms with E-state index < -0.39 is 0 Å². The zero-order valence-electron chi connectivity index (χ0n) is 12.3. The molecule has 0 amide bonds. The van der Waals surface area contributed by atoms with Crippen molar-refractivity contribution >= 4 is 38.9 Å². The van der Waals surface area contributed by atoms with Crippen molar-refractivity contribution in [3.8, 4) is 0 Å². The molecule has 20 heavy (non-hydrogen) atoms. The van der Waals surface area contributed by atoms with Gasteiger partial charge in [0.2, 0.25) is 0 Å². The molecule has 2 heterocycles. The van der Waals surface area contributed by atoms with Gasteiger partial charge in [0.15, 0.2) is 0 Å². The Labute approximate surface area is 140 Å². The van der Waals surface area contributed by atoms with E-state index in [0.717, 1.165) is 15.4 Å². The van der Waals surface area contributed by atoms with E-state index in [1.807, 2.05) is 0 Å². The van der Waals surface area contributed by atoms with E-state index in [9.17, 15) is 0 Å². The lowest BCUT2D eigenvalue weighted by Crippen LogP contribution is -2.36. The van der Waals surface area contributed by atoms with Crippen molar-refractivity contribution < 1.29 is 0 Å². The predicted molar refractivity (Wildman–Crippen MR) is 92.9 cm³/mol. The van der Waals surface area contributed by atoms with E-state index in [1.165, 1.54) is 43.6 Å². The Balaban J connectivity index is 2.30. The van der Waals surface area contributed by atoms with E-state index in [1.54, 1.807) is 11.3 Å². The summed E-state index contributed by atoms with van der Waals surface area (Å²) in [6.45, 7) is 5.74. The molecule has 2 rings (SSSR count). The highest BCUT2D eigenvalue weighted by atomic mass is 79.9. The number of hydrogen-bond acceptors (Lipinski definition) is 3. The van der Waals surface area contributed by atoms with Gasteiger partial charge in [0.1, 0.15) is 4.34 Å². The average Bonchev–Trinajstić information content (AvgIpc) is 2.62. The lowest BCUT2D eigenvalue weighted by molar-refractivity contribution is 0.157. The molecule has 0 aliphatic carbocycles. The molecule has 114 valence electrons. The Morgan fingerprint density at radius 3 is 2.90 bits per heavy atom. The van der Waals surface area contributed by atoms with Gasteiger partial charge in [-0.05, 0) is 73.9 Å². The standard InChI is InChI=1S/C15H24BrClN2S/c1-3-7-19-8-5-4-6-11(10-18-2)14(19)13-9-12(16)15(17)20-13/h9,11,14,18H,3-8,10H2,1-2H3. The highest BCUT2D eigenvalue weighted by molar-refractivity contribution is 9.10. The summed E-state index contributed by atoms with van der Waals surface area (Å²) >= 11 is 11.6. The molecule has 1 N–H and O–H groups in total. The van der Waals surface area contributed by atoms with E-state index >= 15 is 0 Å². The number of nitrogens with zero attached hydrogens (tertiary/aromatic N) is 1. The second kappa shape index (κ2) is 8.14. The van der Waals surface area contributed by atoms with Gasteiger partial charge in [-0.3, -0.25) is 4.90 Å². The quantitative estimate of drug-likeness (QED) is 0.779. The molecular formula is C15H24BrClN2S. The number of nitrogens with one attached hydrogen (secondary N) is 1. The molecule has 1 aliphatic rings. The summed E-state index contributed by atoms with van der Waals surface area (Å²) in [5, 5.41) is 3.38. The van der Waals surface area contributed by atoms with E-state index in [-0.39, 0.29) is 0 Å². The molecule has 1 aromatic rings. The highest BCUT2D eigenvalue weighted by Gasteiger charge is 2.31. The van der Waals surface area contributed by atoms with Crippen LogP contribution in [-0.4, -0.2) is 31.6 Å². The van der Waals surface area contributed by atoms with E-state index in [2.05, 4.69) is 46.2 Å². The smallest absolute Gasteiger partial charge is 0.107 e. The summed E-state index contributed by atoms with van der Waals surface area (Å²) < 4.78 is 1.92. The number of thiophene rings is 1. The van der Waals surface area contributed by atoms with Crippen LogP contribution in [0.3, 0.4) is 0 Å². The van der Waals surface area contributed by atoms with Crippen molar-refractivity contribution in [2.75, 3.05) is 26.7 Å². The van der Waals surface area contributed by atoms with Gasteiger partial charge in [0, 0.05) is 15.4 Å². The Morgan fingerprint density at radius 2 is 2.30 bits per heavy atom. The molecule has 2 unspecified atom stereocenters. The van der Waals surface area contributed by atoms with Crippen LogP contribution in [0.25, 0.3) is 0 Å². The monoisotopic (exact) mass is 378 g/mol. The van der Waals surface area contributed by atoms with Gasteiger partial charge in [-0.25, -0.2) is 0 Å². The maximum absolute atomic E-state index is 6.28. The van der Waals surface area contributed by atoms with Crippen molar-refractivity contribution in [1.82, 2.24) is 10.2 Å². The van der Waals surface area contributed by atoms with Gasteiger partial charge >= 0.3 is 0 Å². The molecule has 5 heteroatoms. The lowest BCUT2D eigenvalue weighted by atomic mass is 9.93. The zero-order chi connectivity index (χ0) is 14.5. The summed E-state index contributed by atoms with van der Waals surface area (Å²) in [5.41, 5.74) is 0. The van der Waals surface area contributed by atoms with Crippen molar-refractivity contribution in [3.05, 3.63) is 19.8 Å². The molecule has 0 aromatic carbocycles. The normalized spacial score (nSPS) is 24.8. The van der Waals surface area contributed by atoms with Crippen molar-refractivity contribution in [2.24, 2.45) is 5.92 Å². The first-order valence-corrected chi connectivity index (χ1v) is 9.49. The fourth-order valence-electron chi connectivity index (χ4n) is 3.25. The molecule has 1 fully saturated rings. The Kier molecular flexibility index (Phi) is 6.82. The molecule has 1 aliphatic heterocycles. The van der Waals surface area contributed by atoms with E-state index in [0.29, 0.717) is 12.0 Å². The van der Waals surface area contributed by atoms with Gasteiger partial charge < -0.3 is 5.32 Å². The largest absolute Gasteiger partial charge is 0.319 e. The maximum Gasteiger partial charge on any atom is 0.107 e. The van der Waals surface area contributed by atoms with Crippen LogP contribution in [0.2, 0.25) is 4.34 Å². The van der Waals surface area contributed by atoms with Crippen molar-refractivity contribution in [1.29, 1.82) is 0 Å². The Hall–Kier alpha value is 0.390. The molecule has 0 radical (unpaired) electrons. The maximum atomic E-state index is 6.28. The first kappa shape index (κ1) is 16.8. The second-order valence-electron chi connectivity index (χ2n) is 5.56. The number of likely N-dealkylation sites (tertiary alicyclic amines) is 1. The number of halogens is 2. The third-order valence-electron chi connectivity index (χ3n) is 4.04. The van der Waals surface area contributed by atoms with Crippen LogP contribution in [-0.2, 0) is 0 Å². The second-order valence-corrected chi connectivity index (χ2v) is 8.10. The third-order valence-corrected chi connectivity index (χ3v) is 6.59. The Bertz CT molecular complexity index is 389. The molecule has 1 aromatic heterocycles. The molecule has 2 nitrogen and oxygen atoms in total. The fourth-order valence-corrected chi connectivity index (χ4v) is 5.22. The minimum atomic E-state index is 0.513. The minimum absolute atomic E-state index is 0.513. The first-order chi connectivity index (χ1) is 9.67. The summed E-state index contributed by atoms with van der Waals surface area (Å²) in [6.07, 6.45) is 5.17. The summed E-state index contributed by atoms with van der Waals surface area (Å²) in [5.74, 6) is 0.677. The number of hydrogen-bond donors (Lipinski definition) is 1. The number of rotatable bonds is 5. The van der Waals surface area contributed by atoms with Gasteiger partial charge in [-0.15, -0.1) is 11.3 Å². The average molecular weight is 380 g/mol. The van der Waals surface area contributed by atoms with E-state index in [4.69, 9.17) is 11.6 Å². The zero-order valence-corrected chi connectivity index (χ0v) is 15.5. The van der Waals surface area contributed by atoms with Gasteiger partial charge in [0.25, 0.3) is 0 Å². The molecule has 0 saturated carbocycles. The van der Waals surface area contributed by atoms with Crippen molar-refractivity contribution in [2.45, 2.75) is 38.6 Å². The van der Waals surface area contributed by atoms with Crippen LogP contribution >= 0.6 is 38.9 Å². The lowest BCUT2D eigenvalue weighted by Gasteiger charge is -2.34. The van der Waals surface area contributed by atoms with Crippen LogP contribution in [0.15, 0.2) is 10.5 Å². The van der Waals surface area contributed by atoms with Gasteiger partial charge in [-0.1, -0.05) is 24.9 Å². The van der Waals surface area contributed by atoms with Crippen molar-refractivity contribution in [3.63, 3.8) is 0 Å². The summed E-state index contributed by atoms with van der Waals surface area (Å²) in [7, 11) is 2.06. The molecular weight excluding hydrogens is 356 g/mol. The highest BCUT2D eigenvalue weighted by Crippen LogP contribution is 2.42. The minimum Gasteiger partial charge on any atom is -0.319 e. The topological polar surface area (TPSA) is 15.3 Å². The SMILES string of the molecule is CCCN1CCCCC(CNC)C1c1cc(Br)c(Cl)s1. The predicted octanol–water partition coefficient (Wildman–Crippen LogP) is 4.94. The summed E-state index contributed by atoms with van der Waals surface area (Å²) in [6, 6.07) is 2.74. The van der Waals surface area contributed by atoms with Gasteiger partial charge in [-0.2, -0.15) is 0 Å². The van der Waals surface area contributed by atoms with Crippen LogP contribution < -0.4 is 5.32 Å². The third kappa shape index (κ3) is 3.98. The Morgan fingerprint density at radius 1 is 1.50 bits per heavy atom. The summed E-state index contributed by atoms with van der Waals surface area (Å²) in [4.78, 5) is 4.08. The molecule has 0 spiro atoms. The van der Waals surface area contributed by atoms with Crippen LogP contribution in [0.5, 0.6) is 0 Å². The molecule has 0 bridgehead atoms. The van der Waals surface area contributed by atoms with Crippen LogP contribution in [0, 0.1) is 5.92 Å².